The quantitative estimate of drug-likeness (QED) is 0.468. The van der Waals surface area contributed by atoms with Gasteiger partial charge in [-0.25, -0.2) is 0 Å². The van der Waals surface area contributed by atoms with Crippen molar-refractivity contribution in [2.75, 3.05) is 6.61 Å². The first-order chi connectivity index (χ1) is 6.34. The van der Waals surface area contributed by atoms with Crippen LogP contribution in [0.5, 0.6) is 0 Å². The largest absolute Gasteiger partial charge is 0.465 e. The molecule has 0 spiro atoms. The number of hydrogen-bond acceptors (Lipinski definition) is 2. The third-order valence-corrected chi connectivity index (χ3v) is 2.70. The maximum Gasteiger partial charge on any atom is 0.309 e. The van der Waals surface area contributed by atoms with Gasteiger partial charge >= 0.3 is 5.97 Å². The van der Waals surface area contributed by atoms with Gasteiger partial charge in [-0.05, 0) is 12.8 Å². The monoisotopic (exact) mass is 184 g/mol. The van der Waals surface area contributed by atoms with E-state index in [0.29, 0.717) is 6.61 Å². The van der Waals surface area contributed by atoms with E-state index in [1.807, 2.05) is 0 Å². The van der Waals surface area contributed by atoms with E-state index in [1.165, 1.54) is 32.1 Å². The Kier molecular flexibility index (Phi) is 4.87. The van der Waals surface area contributed by atoms with Crippen molar-refractivity contribution in [2.45, 2.75) is 51.9 Å². The molecule has 0 aromatic heterocycles. The zero-order valence-corrected chi connectivity index (χ0v) is 8.55. The van der Waals surface area contributed by atoms with Crippen LogP contribution in [-0.4, -0.2) is 12.6 Å². The third kappa shape index (κ3) is 3.79. The Morgan fingerprint density at radius 2 is 2.08 bits per heavy atom. The lowest BCUT2D eigenvalue weighted by molar-refractivity contribution is -0.141. The molecule has 0 amide bonds. The standard InChI is InChI=1S/C11H20O2/c1-2-3-4-5-6-7-10-8-9-13-11(10)12/h10H,2-9H2,1H3/t10-/m1/s1. The van der Waals surface area contributed by atoms with Crippen LogP contribution in [0.15, 0.2) is 0 Å². The van der Waals surface area contributed by atoms with Gasteiger partial charge in [0.05, 0.1) is 12.5 Å². The lowest BCUT2D eigenvalue weighted by Gasteiger charge is -2.04. The number of carbonyl (C=O) groups is 1. The number of esters is 1. The zero-order chi connectivity index (χ0) is 9.52. The number of hydrogen-bond donors (Lipinski definition) is 0. The minimum atomic E-state index is 0.0375. The van der Waals surface area contributed by atoms with Crippen molar-refractivity contribution < 1.29 is 9.53 Å². The average molecular weight is 184 g/mol. The summed E-state index contributed by atoms with van der Waals surface area (Å²) in [6.07, 6.45) is 8.39. The highest BCUT2D eigenvalue weighted by Gasteiger charge is 2.25. The lowest BCUT2D eigenvalue weighted by Crippen LogP contribution is -2.06. The van der Waals surface area contributed by atoms with Crippen LogP contribution in [-0.2, 0) is 9.53 Å². The van der Waals surface area contributed by atoms with Crippen LogP contribution in [0.2, 0.25) is 0 Å². The van der Waals surface area contributed by atoms with Crippen molar-refractivity contribution in [3.63, 3.8) is 0 Å². The molecule has 76 valence electrons. The highest BCUT2D eigenvalue weighted by atomic mass is 16.5. The van der Waals surface area contributed by atoms with Crippen LogP contribution < -0.4 is 0 Å². The Balaban J connectivity index is 1.96. The van der Waals surface area contributed by atoms with Gasteiger partial charge in [-0.15, -0.1) is 0 Å². The highest BCUT2D eigenvalue weighted by molar-refractivity contribution is 5.73. The fourth-order valence-corrected chi connectivity index (χ4v) is 1.79. The molecular weight excluding hydrogens is 164 g/mol. The minimum Gasteiger partial charge on any atom is -0.465 e. The molecule has 0 unspecified atom stereocenters. The molecule has 1 heterocycles. The summed E-state index contributed by atoms with van der Waals surface area (Å²) in [5, 5.41) is 0. The Labute approximate surface area is 80.7 Å². The molecular formula is C11H20O2. The summed E-state index contributed by atoms with van der Waals surface area (Å²) in [4.78, 5) is 11.1. The summed E-state index contributed by atoms with van der Waals surface area (Å²) in [7, 11) is 0. The molecule has 0 aliphatic carbocycles. The van der Waals surface area contributed by atoms with Crippen molar-refractivity contribution >= 4 is 5.97 Å². The molecule has 1 aliphatic rings. The van der Waals surface area contributed by atoms with Gasteiger partial charge in [0.15, 0.2) is 0 Å². The molecule has 2 heteroatoms. The van der Waals surface area contributed by atoms with E-state index in [9.17, 15) is 4.79 Å². The Morgan fingerprint density at radius 1 is 1.31 bits per heavy atom. The summed E-state index contributed by atoms with van der Waals surface area (Å²) < 4.78 is 4.90. The molecule has 0 saturated carbocycles. The molecule has 2 nitrogen and oxygen atoms in total. The van der Waals surface area contributed by atoms with E-state index < -0.39 is 0 Å². The van der Waals surface area contributed by atoms with Crippen LogP contribution in [0, 0.1) is 5.92 Å². The van der Waals surface area contributed by atoms with Gasteiger partial charge in [0.2, 0.25) is 0 Å². The maximum absolute atomic E-state index is 11.1. The van der Waals surface area contributed by atoms with E-state index in [-0.39, 0.29) is 11.9 Å². The molecule has 1 rings (SSSR count). The first kappa shape index (κ1) is 10.6. The second-order valence-electron chi connectivity index (χ2n) is 3.86. The number of ether oxygens (including phenoxy) is 1. The lowest BCUT2D eigenvalue weighted by atomic mass is 9.99. The van der Waals surface area contributed by atoms with Crippen molar-refractivity contribution in [1.82, 2.24) is 0 Å². The smallest absolute Gasteiger partial charge is 0.309 e. The van der Waals surface area contributed by atoms with Crippen molar-refractivity contribution in [3.8, 4) is 0 Å². The summed E-state index contributed by atoms with van der Waals surface area (Å²) in [5.41, 5.74) is 0. The van der Waals surface area contributed by atoms with Gasteiger partial charge in [-0.2, -0.15) is 0 Å². The SMILES string of the molecule is CCCCCCC[C@@H]1CCOC1=O. The molecule has 13 heavy (non-hydrogen) atoms. The Hall–Kier alpha value is -0.530. The first-order valence-corrected chi connectivity index (χ1v) is 5.51. The topological polar surface area (TPSA) is 26.3 Å². The molecule has 1 fully saturated rings. The second-order valence-corrected chi connectivity index (χ2v) is 3.86. The molecule has 1 atom stereocenters. The maximum atomic E-state index is 11.1. The predicted octanol–water partition coefficient (Wildman–Crippen LogP) is 2.91. The van der Waals surface area contributed by atoms with E-state index in [2.05, 4.69) is 6.92 Å². The van der Waals surface area contributed by atoms with Gasteiger partial charge in [0, 0.05) is 0 Å². The van der Waals surface area contributed by atoms with Crippen molar-refractivity contribution in [1.29, 1.82) is 0 Å². The average Bonchev–Trinajstić information content (AvgIpc) is 2.52. The molecule has 1 saturated heterocycles. The first-order valence-electron chi connectivity index (χ1n) is 5.51. The van der Waals surface area contributed by atoms with E-state index in [1.54, 1.807) is 0 Å². The number of unbranched alkanes of at least 4 members (excludes halogenated alkanes) is 4. The molecule has 0 aromatic rings. The Morgan fingerprint density at radius 3 is 2.69 bits per heavy atom. The van der Waals surface area contributed by atoms with Gasteiger partial charge in [0.25, 0.3) is 0 Å². The normalized spacial score (nSPS) is 21.9. The predicted molar refractivity (Wildman–Crippen MR) is 52.4 cm³/mol. The van der Waals surface area contributed by atoms with Crippen molar-refractivity contribution in [2.24, 2.45) is 5.92 Å². The number of cyclic esters (lactones) is 1. The van der Waals surface area contributed by atoms with Gasteiger partial charge in [-0.3, -0.25) is 4.79 Å². The van der Waals surface area contributed by atoms with E-state index in [0.717, 1.165) is 12.8 Å². The molecule has 0 bridgehead atoms. The third-order valence-electron chi connectivity index (χ3n) is 2.70. The van der Waals surface area contributed by atoms with Gasteiger partial charge < -0.3 is 4.74 Å². The number of carbonyl (C=O) groups excluding carboxylic acids is 1. The van der Waals surface area contributed by atoms with Crippen LogP contribution in [0.1, 0.15) is 51.9 Å². The van der Waals surface area contributed by atoms with E-state index >= 15 is 0 Å². The molecule has 1 aliphatic heterocycles. The number of rotatable bonds is 6. The molecule has 0 radical (unpaired) electrons. The van der Waals surface area contributed by atoms with Crippen molar-refractivity contribution in [3.05, 3.63) is 0 Å². The fraction of sp³-hybridized carbons (Fsp3) is 0.909. The minimum absolute atomic E-state index is 0.0375. The second kappa shape index (κ2) is 6.01. The van der Waals surface area contributed by atoms with Crippen LogP contribution in [0.25, 0.3) is 0 Å². The highest BCUT2D eigenvalue weighted by Crippen LogP contribution is 2.21. The summed E-state index contributed by atoms with van der Waals surface area (Å²) in [5.74, 6) is 0.261. The fourth-order valence-electron chi connectivity index (χ4n) is 1.79. The van der Waals surface area contributed by atoms with Gasteiger partial charge in [-0.1, -0.05) is 39.0 Å². The summed E-state index contributed by atoms with van der Waals surface area (Å²) in [6, 6.07) is 0. The summed E-state index contributed by atoms with van der Waals surface area (Å²) >= 11 is 0. The molecule has 0 aromatic carbocycles. The van der Waals surface area contributed by atoms with Crippen LogP contribution in [0.3, 0.4) is 0 Å². The Bertz CT molecular complexity index is 154. The van der Waals surface area contributed by atoms with Gasteiger partial charge in [0.1, 0.15) is 0 Å². The summed E-state index contributed by atoms with van der Waals surface area (Å²) in [6.45, 7) is 2.87. The zero-order valence-electron chi connectivity index (χ0n) is 8.55. The van der Waals surface area contributed by atoms with Crippen LogP contribution in [0.4, 0.5) is 0 Å². The molecule has 0 N–H and O–H groups in total. The van der Waals surface area contributed by atoms with Crippen LogP contribution >= 0.6 is 0 Å². The van der Waals surface area contributed by atoms with E-state index in [4.69, 9.17) is 4.74 Å².